The average molecular weight is 431 g/mol. The highest BCUT2D eigenvalue weighted by molar-refractivity contribution is 5.82. The molecule has 1 saturated carbocycles. The van der Waals surface area contributed by atoms with Gasteiger partial charge in [0.25, 0.3) is 0 Å². The standard InChI is InChI=1S/C24H34N2O5/c1-16(2)22(27)26(19-11-9-17(3)10-12-19)20-13-21(23(28)29)25(14-20)24(30)31-15-18-7-5-4-6-8-18/h4-8,16-17,19-21H,9-15H2,1-3H3,(H,28,29)/t17?,19?,20-,21-/m0/s1. The molecular formula is C24H34N2O5. The van der Waals surface area contributed by atoms with E-state index in [4.69, 9.17) is 4.74 Å². The zero-order chi connectivity index (χ0) is 22.5. The van der Waals surface area contributed by atoms with Gasteiger partial charge in [-0.05, 0) is 37.2 Å². The van der Waals surface area contributed by atoms with E-state index in [1.807, 2.05) is 49.1 Å². The van der Waals surface area contributed by atoms with Crippen molar-refractivity contribution in [3.63, 3.8) is 0 Å². The smallest absolute Gasteiger partial charge is 0.410 e. The van der Waals surface area contributed by atoms with Crippen LogP contribution in [0.15, 0.2) is 30.3 Å². The summed E-state index contributed by atoms with van der Waals surface area (Å²) in [6.07, 6.45) is 3.56. The van der Waals surface area contributed by atoms with Crippen molar-refractivity contribution >= 4 is 18.0 Å². The summed E-state index contributed by atoms with van der Waals surface area (Å²) in [6.45, 7) is 6.25. The van der Waals surface area contributed by atoms with Gasteiger partial charge in [-0.15, -0.1) is 0 Å². The molecule has 170 valence electrons. The van der Waals surface area contributed by atoms with Crippen LogP contribution < -0.4 is 0 Å². The van der Waals surface area contributed by atoms with E-state index in [1.54, 1.807) is 0 Å². The second-order valence-electron chi connectivity index (χ2n) is 9.25. The van der Waals surface area contributed by atoms with Crippen molar-refractivity contribution in [2.45, 2.75) is 77.6 Å². The zero-order valence-corrected chi connectivity index (χ0v) is 18.7. The van der Waals surface area contributed by atoms with Crippen LogP contribution >= 0.6 is 0 Å². The lowest BCUT2D eigenvalue weighted by Gasteiger charge is -2.40. The van der Waals surface area contributed by atoms with Crippen LogP contribution in [0, 0.1) is 11.8 Å². The topological polar surface area (TPSA) is 87.2 Å². The lowest BCUT2D eigenvalue weighted by molar-refractivity contribution is -0.143. The van der Waals surface area contributed by atoms with E-state index in [1.165, 1.54) is 4.90 Å². The van der Waals surface area contributed by atoms with Gasteiger partial charge in [0.2, 0.25) is 5.91 Å². The van der Waals surface area contributed by atoms with Gasteiger partial charge < -0.3 is 14.7 Å². The number of rotatable bonds is 6. The van der Waals surface area contributed by atoms with Crippen LogP contribution in [0.5, 0.6) is 0 Å². The number of carbonyl (C=O) groups is 3. The molecule has 0 bridgehead atoms. The molecule has 1 aliphatic heterocycles. The van der Waals surface area contributed by atoms with Gasteiger partial charge in [-0.25, -0.2) is 9.59 Å². The lowest BCUT2D eigenvalue weighted by Crippen LogP contribution is -2.51. The molecule has 1 N–H and O–H groups in total. The normalized spacial score (nSPS) is 26.0. The number of amides is 2. The third kappa shape index (κ3) is 5.57. The molecule has 0 spiro atoms. The van der Waals surface area contributed by atoms with Gasteiger partial charge in [-0.1, -0.05) is 51.1 Å². The number of carboxylic acids is 1. The second kappa shape index (κ2) is 10.2. The highest BCUT2D eigenvalue weighted by Crippen LogP contribution is 2.33. The fraction of sp³-hybridized carbons (Fsp3) is 0.625. The molecule has 1 saturated heterocycles. The molecule has 7 heteroatoms. The Morgan fingerprint density at radius 1 is 1.10 bits per heavy atom. The molecule has 0 radical (unpaired) electrons. The number of likely N-dealkylation sites (tertiary alicyclic amines) is 1. The minimum atomic E-state index is -1.06. The minimum Gasteiger partial charge on any atom is -0.480 e. The van der Waals surface area contributed by atoms with Crippen molar-refractivity contribution in [3.8, 4) is 0 Å². The molecule has 2 amide bonds. The van der Waals surface area contributed by atoms with Crippen molar-refractivity contribution in [1.29, 1.82) is 0 Å². The summed E-state index contributed by atoms with van der Waals surface area (Å²) >= 11 is 0. The Balaban J connectivity index is 1.74. The lowest BCUT2D eigenvalue weighted by atomic mass is 9.85. The predicted molar refractivity (Wildman–Crippen MR) is 116 cm³/mol. The molecule has 1 aromatic rings. The summed E-state index contributed by atoms with van der Waals surface area (Å²) in [6, 6.07) is 8.10. The van der Waals surface area contributed by atoms with Gasteiger partial charge in [0.1, 0.15) is 12.6 Å². The number of hydrogen-bond acceptors (Lipinski definition) is 4. The molecule has 1 aliphatic carbocycles. The van der Waals surface area contributed by atoms with Gasteiger partial charge in [0, 0.05) is 24.9 Å². The summed E-state index contributed by atoms with van der Waals surface area (Å²) in [5.74, 6) is -0.560. The summed E-state index contributed by atoms with van der Waals surface area (Å²) in [5, 5.41) is 9.76. The number of carboxylic acid groups (broad SMARTS) is 1. The molecule has 1 aromatic carbocycles. The van der Waals surface area contributed by atoms with Crippen LogP contribution in [0.4, 0.5) is 4.79 Å². The van der Waals surface area contributed by atoms with E-state index in [0.717, 1.165) is 31.2 Å². The van der Waals surface area contributed by atoms with Gasteiger partial charge in [0.05, 0.1) is 6.04 Å². The number of benzene rings is 1. The Morgan fingerprint density at radius 2 is 1.74 bits per heavy atom. The number of nitrogens with zero attached hydrogens (tertiary/aromatic N) is 2. The van der Waals surface area contributed by atoms with Crippen LogP contribution in [0.1, 0.15) is 58.4 Å². The first-order valence-corrected chi connectivity index (χ1v) is 11.3. The number of ether oxygens (including phenoxy) is 1. The predicted octanol–water partition coefficient (Wildman–Crippen LogP) is 3.91. The Kier molecular flexibility index (Phi) is 7.57. The molecular weight excluding hydrogens is 396 g/mol. The van der Waals surface area contributed by atoms with Crippen molar-refractivity contribution in [2.75, 3.05) is 6.54 Å². The number of hydrogen-bond donors (Lipinski definition) is 1. The first-order chi connectivity index (χ1) is 14.8. The molecule has 1 heterocycles. The summed E-state index contributed by atoms with van der Waals surface area (Å²) in [4.78, 5) is 41.0. The first kappa shape index (κ1) is 23.1. The van der Waals surface area contributed by atoms with Crippen LogP contribution in [-0.2, 0) is 20.9 Å². The van der Waals surface area contributed by atoms with Crippen LogP contribution in [0.3, 0.4) is 0 Å². The second-order valence-corrected chi connectivity index (χ2v) is 9.25. The Hall–Kier alpha value is -2.57. The molecule has 7 nitrogen and oxygen atoms in total. The van der Waals surface area contributed by atoms with Gasteiger partial charge in [0.15, 0.2) is 0 Å². The number of aliphatic carboxylic acids is 1. The maximum absolute atomic E-state index is 13.1. The Bertz CT molecular complexity index is 773. The number of carbonyl (C=O) groups excluding carboxylic acids is 2. The van der Waals surface area contributed by atoms with Crippen molar-refractivity contribution in [3.05, 3.63) is 35.9 Å². The highest BCUT2D eigenvalue weighted by Gasteiger charge is 2.46. The zero-order valence-electron chi connectivity index (χ0n) is 18.7. The molecule has 3 rings (SSSR count). The maximum atomic E-state index is 13.1. The average Bonchev–Trinajstić information content (AvgIpc) is 3.19. The third-order valence-corrected chi connectivity index (χ3v) is 6.52. The van der Waals surface area contributed by atoms with E-state index in [2.05, 4.69) is 6.92 Å². The molecule has 0 aromatic heterocycles. The Labute approximate surface area is 184 Å². The van der Waals surface area contributed by atoms with Gasteiger partial charge >= 0.3 is 12.1 Å². The third-order valence-electron chi connectivity index (χ3n) is 6.52. The molecule has 31 heavy (non-hydrogen) atoms. The van der Waals surface area contributed by atoms with E-state index in [-0.39, 0.29) is 43.5 Å². The summed E-state index contributed by atoms with van der Waals surface area (Å²) in [7, 11) is 0. The summed E-state index contributed by atoms with van der Waals surface area (Å²) in [5.41, 5.74) is 0.839. The van der Waals surface area contributed by atoms with Gasteiger partial charge in [-0.3, -0.25) is 9.69 Å². The highest BCUT2D eigenvalue weighted by atomic mass is 16.6. The van der Waals surface area contributed by atoms with E-state index >= 15 is 0 Å². The monoisotopic (exact) mass is 430 g/mol. The van der Waals surface area contributed by atoms with Crippen molar-refractivity contribution < 1.29 is 24.2 Å². The van der Waals surface area contributed by atoms with E-state index < -0.39 is 18.1 Å². The van der Waals surface area contributed by atoms with Crippen molar-refractivity contribution in [2.24, 2.45) is 11.8 Å². The van der Waals surface area contributed by atoms with Gasteiger partial charge in [-0.2, -0.15) is 0 Å². The molecule has 2 fully saturated rings. The van der Waals surface area contributed by atoms with E-state index in [9.17, 15) is 19.5 Å². The summed E-state index contributed by atoms with van der Waals surface area (Å²) < 4.78 is 5.41. The largest absolute Gasteiger partial charge is 0.480 e. The van der Waals surface area contributed by atoms with Crippen molar-refractivity contribution in [1.82, 2.24) is 9.80 Å². The fourth-order valence-corrected chi connectivity index (χ4v) is 4.73. The Morgan fingerprint density at radius 3 is 2.32 bits per heavy atom. The fourth-order valence-electron chi connectivity index (χ4n) is 4.73. The van der Waals surface area contributed by atoms with Crippen LogP contribution in [0.25, 0.3) is 0 Å². The first-order valence-electron chi connectivity index (χ1n) is 11.3. The quantitative estimate of drug-likeness (QED) is 0.739. The van der Waals surface area contributed by atoms with Crippen LogP contribution in [-0.4, -0.2) is 57.5 Å². The molecule has 2 atom stereocenters. The molecule has 0 unspecified atom stereocenters. The maximum Gasteiger partial charge on any atom is 0.410 e. The SMILES string of the molecule is CC1CCC(N(C(=O)C(C)C)[C@H]2C[C@@H](C(=O)O)N(C(=O)OCc3ccccc3)C2)CC1. The van der Waals surface area contributed by atoms with E-state index in [0.29, 0.717) is 5.92 Å². The minimum absolute atomic E-state index is 0.0354. The molecule has 2 aliphatic rings. The van der Waals surface area contributed by atoms with Crippen LogP contribution in [0.2, 0.25) is 0 Å².